The molecular weight excluding hydrogens is 221 g/mol. The van der Waals surface area contributed by atoms with Crippen LogP contribution in [0.2, 0.25) is 0 Å². The Labute approximate surface area is 74.8 Å². The highest BCUT2D eigenvalue weighted by molar-refractivity contribution is 4.84. The van der Waals surface area contributed by atoms with Gasteiger partial charge >= 0.3 is 18.2 Å². The lowest BCUT2D eigenvalue weighted by Gasteiger charge is -2.27. The smallest absolute Gasteiger partial charge is 0.315 e. The third-order valence-corrected chi connectivity index (χ3v) is 1.15. The van der Waals surface area contributed by atoms with Crippen LogP contribution < -0.4 is 0 Å². The Hall–Kier alpha value is -0.530. The van der Waals surface area contributed by atoms with E-state index in [0.717, 1.165) is 0 Å². The molecule has 1 nitrogen and oxygen atoms in total. The zero-order chi connectivity index (χ0) is 11.6. The fourth-order valence-electron chi connectivity index (χ4n) is 0.456. The van der Waals surface area contributed by atoms with Gasteiger partial charge in [0.2, 0.25) is 0 Å². The van der Waals surface area contributed by atoms with Gasteiger partial charge in [0.1, 0.15) is 0 Å². The van der Waals surface area contributed by atoms with Gasteiger partial charge in [-0.1, -0.05) is 6.92 Å². The predicted molar refractivity (Wildman–Crippen MR) is 31.9 cm³/mol. The molecule has 0 aromatic rings. The summed E-state index contributed by atoms with van der Waals surface area (Å²) >= 11 is 0. The predicted octanol–water partition coefficient (Wildman–Crippen LogP) is 3.02. The Kier molecular flexibility index (Phi) is 3.77. The molecular formula is C6H6F7O. The maximum absolute atomic E-state index is 12.2. The van der Waals surface area contributed by atoms with Crippen molar-refractivity contribution in [3.05, 3.63) is 6.92 Å². The molecule has 0 aromatic carbocycles. The SMILES string of the molecule is [CH2]CCOC(F)(F)C(F)(F)C(F)(F)F. The van der Waals surface area contributed by atoms with Gasteiger partial charge in [0.05, 0.1) is 6.61 Å². The summed E-state index contributed by atoms with van der Waals surface area (Å²) in [6.45, 7) is 1.96. The third kappa shape index (κ3) is 2.49. The minimum absolute atomic E-state index is 0.344. The molecule has 0 rings (SSSR count). The summed E-state index contributed by atoms with van der Waals surface area (Å²) in [7, 11) is 0. The zero-order valence-corrected chi connectivity index (χ0v) is 6.68. The number of ether oxygens (including phenoxy) is 1. The highest BCUT2D eigenvalue weighted by Crippen LogP contribution is 2.46. The molecule has 0 N–H and O–H groups in total. The molecule has 0 fully saturated rings. The topological polar surface area (TPSA) is 9.23 Å². The fourth-order valence-corrected chi connectivity index (χ4v) is 0.456. The lowest BCUT2D eigenvalue weighted by atomic mass is 10.3. The molecule has 0 heterocycles. The summed E-state index contributed by atoms with van der Waals surface area (Å²) in [5.74, 6) is -6.20. The number of hydrogen-bond acceptors (Lipinski definition) is 1. The number of alkyl halides is 7. The van der Waals surface area contributed by atoms with Crippen LogP contribution in [-0.2, 0) is 4.74 Å². The number of rotatable bonds is 4. The molecule has 8 heteroatoms. The summed E-state index contributed by atoms with van der Waals surface area (Å²) in [4.78, 5) is 0. The van der Waals surface area contributed by atoms with Crippen LogP contribution >= 0.6 is 0 Å². The van der Waals surface area contributed by atoms with Crippen LogP contribution in [0.25, 0.3) is 0 Å². The first-order valence-electron chi connectivity index (χ1n) is 3.32. The number of halogens is 7. The van der Waals surface area contributed by atoms with Gasteiger partial charge in [-0.2, -0.15) is 30.7 Å². The molecule has 0 spiro atoms. The van der Waals surface area contributed by atoms with Crippen molar-refractivity contribution in [2.75, 3.05) is 6.61 Å². The molecule has 0 bridgehead atoms. The Bertz CT molecular complexity index is 185. The van der Waals surface area contributed by atoms with E-state index in [4.69, 9.17) is 0 Å². The second-order valence-corrected chi connectivity index (χ2v) is 2.29. The third-order valence-electron chi connectivity index (χ3n) is 1.15. The van der Waals surface area contributed by atoms with Gasteiger partial charge in [0.15, 0.2) is 0 Å². The van der Waals surface area contributed by atoms with Gasteiger partial charge in [-0.3, -0.25) is 0 Å². The van der Waals surface area contributed by atoms with Crippen molar-refractivity contribution in [1.29, 1.82) is 0 Å². The van der Waals surface area contributed by atoms with Gasteiger partial charge in [-0.15, -0.1) is 0 Å². The normalized spacial score (nSPS) is 14.6. The molecule has 85 valence electrons. The van der Waals surface area contributed by atoms with Crippen LogP contribution in [0, 0.1) is 6.92 Å². The standard InChI is InChI=1S/C6H6F7O/c1-2-3-14-6(12,13)4(7,8)5(9,10)11/h1-3H2. The first-order valence-corrected chi connectivity index (χ1v) is 3.32. The fraction of sp³-hybridized carbons (Fsp3) is 0.833. The van der Waals surface area contributed by atoms with E-state index in [-0.39, 0.29) is 6.42 Å². The molecule has 0 amide bonds. The number of hydrogen-bond donors (Lipinski definition) is 0. The zero-order valence-electron chi connectivity index (χ0n) is 6.68. The van der Waals surface area contributed by atoms with Crippen molar-refractivity contribution in [2.45, 2.75) is 24.6 Å². The first kappa shape index (κ1) is 13.5. The molecule has 0 aliphatic carbocycles. The summed E-state index contributed by atoms with van der Waals surface area (Å²) in [6, 6.07) is 0. The quantitative estimate of drug-likeness (QED) is 0.671. The summed E-state index contributed by atoms with van der Waals surface area (Å²) in [6.07, 6.45) is -12.3. The van der Waals surface area contributed by atoms with Crippen molar-refractivity contribution in [3.63, 3.8) is 0 Å². The highest BCUT2D eigenvalue weighted by Gasteiger charge is 2.74. The van der Waals surface area contributed by atoms with Gasteiger partial charge in [-0.05, 0) is 6.42 Å². The highest BCUT2D eigenvalue weighted by atomic mass is 19.4. The van der Waals surface area contributed by atoms with E-state index in [0.29, 0.717) is 0 Å². The Balaban J connectivity index is 4.69. The molecule has 1 radical (unpaired) electrons. The average molecular weight is 227 g/mol. The maximum Gasteiger partial charge on any atom is 0.462 e. The van der Waals surface area contributed by atoms with E-state index in [2.05, 4.69) is 11.7 Å². The van der Waals surface area contributed by atoms with Crippen LogP contribution in [0.4, 0.5) is 30.7 Å². The Morgan fingerprint density at radius 3 is 1.64 bits per heavy atom. The van der Waals surface area contributed by atoms with Crippen LogP contribution in [0.15, 0.2) is 0 Å². The van der Waals surface area contributed by atoms with E-state index in [1.807, 2.05) is 0 Å². The van der Waals surface area contributed by atoms with E-state index in [9.17, 15) is 30.7 Å². The molecule has 14 heavy (non-hydrogen) atoms. The first-order chi connectivity index (χ1) is 6.06. The lowest BCUT2D eigenvalue weighted by Crippen LogP contribution is -2.53. The van der Waals surface area contributed by atoms with Crippen molar-refractivity contribution >= 4 is 0 Å². The molecule has 0 aromatic heterocycles. The maximum atomic E-state index is 12.2. The molecule has 0 aliphatic heterocycles. The molecule has 0 saturated heterocycles. The van der Waals surface area contributed by atoms with E-state index in [1.54, 1.807) is 0 Å². The summed E-state index contributed by atoms with van der Waals surface area (Å²) in [5, 5.41) is 0. The van der Waals surface area contributed by atoms with Gasteiger partial charge in [0.25, 0.3) is 0 Å². The van der Waals surface area contributed by atoms with Crippen molar-refractivity contribution in [1.82, 2.24) is 0 Å². The second-order valence-electron chi connectivity index (χ2n) is 2.29. The largest absolute Gasteiger partial charge is 0.462 e. The second kappa shape index (κ2) is 3.92. The van der Waals surface area contributed by atoms with Crippen LogP contribution in [0.1, 0.15) is 6.42 Å². The van der Waals surface area contributed by atoms with Crippen molar-refractivity contribution in [2.24, 2.45) is 0 Å². The summed E-state index contributed by atoms with van der Waals surface area (Å²) in [5.41, 5.74) is 0. The van der Waals surface area contributed by atoms with Crippen LogP contribution in [0.5, 0.6) is 0 Å². The minimum Gasteiger partial charge on any atom is -0.315 e. The minimum atomic E-state index is -6.35. The van der Waals surface area contributed by atoms with Gasteiger partial charge in [0, 0.05) is 0 Å². The van der Waals surface area contributed by atoms with Crippen LogP contribution in [-0.4, -0.2) is 24.8 Å². The van der Waals surface area contributed by atoms with Crippen LogP contribution in [0.3, 0.4) is 0 Å². The summed E-state index contributed by atoms with van der Waals surface area (Å²) < 4.78 is 85.7. The molecule has 0 saturated carbocycles. The van der Waals surface area contributed by atoms with E-state index in [1.165, 1.54) is 0 Å². The van der Waals surface area contributed by atoms with Gasteiger partial charge in [-0.25, -0.2) is 0 Å². The Morgan fingerprint density at radius 2 is 1.36 bits per heavy atom. The van der Waals surface area contributed by atoms with Crippen molar-refractivity contribution < 1.29 is 35.5 Å². The van der Waals surface area contributed by atoms with Crippen molar-refractivity contribution in [3.8, 4) is 0 Å². The van der Waals surface area contributed by atoms with E-state index < -0.39 is 24.8 Å². The lowest BCUT2D eigenvalue weighted by molar-refractivity contribution is -0.423. The molecule has 0 aliphatic rings. The average Bonchev–Trinajstić information content (AvgIpc) is 1.98. The van der Waals surface area contributed by atoms with Gasteiger partial charge < -0.3 is 4.74 Å². The van der Waals surface area contributed by atoms with E-state index >= 15 is 0 Å². The monoisotopic (exact) mass is 227 g/mol. The molecule has 0 unspecified atom stereocenters. The molecule has 0 atom stereocenters. The Morgan fingerprint density at radius 1 is 0.929 bits per heavy atom.